The first kappa shape index (κ1) is 20.0. The maximum Gasteiger partial charge on any atom is 0.253 e. The minimum Gasteiger partial charge on any atom is -0.390 e. The van der Waals surface area contributed by atoms with E-state index < -0.39 is 18.1 Å². The third-order valence-corrected chi connectivity index (χ3v) is 4.00. The lowest BCUT2D eigenvalue weighted by molar-refractivity contribution is 0.0914. The second kappa shape index (κ2) is 7.93. The van der Waals surface area contributed by atoms with Gasteiger partial charge in [-0.3, -0.25) is 14.8 Å². The fourth-order valence-electron chi connectivity index (χ4n) is 2.78. The van der Waals surface area contributed by atoms with Gasteiger partial charge in [0.05, 0.1) is 29.0 Å². The van der Waals surface area contributed by atoms with Crippen LogP contribution in [-0.2, 0) is 0 Å². The van der Waals surface area contributed by atoms with E-state index in [9.17, 15) is 9.90 Å². The van der Waals surface area contributed by atoms with Gasteiger partial charge in [-0.1, -0.05) is 0 Å². The molecule has 2 aromatic heterocycles. The van der Waals surface area contributed by atoms with E-state index in [0.717, 1.165) is 5.56 Å². The number of rotatable bonds is 5. The number of nitrogens with two attached hydrogens (primary N) is 1. The molecule has 26 heavy (non-hydrogen) atoms. The summed E-state index contributed by atoms with van der Waals surface area (Å²) in [6, 6.07) is 6.67. The number of nitrogens with zero attached hydrogens (tertiary/aromatic N) is 2. The van der Waals surface area contributed by atoms with E-state index in [-0.39, 0.29) is 11.4 Å². The summed E-state index contributed by atoms with van der Waals surface area (Å²) in [6.07, 6.45) is 2.36. The lowest BCUT2D eigenvalue weighted by Crippen LogP contribution is -2.42. The number of hydrogen-bond acceptors (Lipinski definition) is 5. The number of carbonyl (C=O) groups is 1. The number of aromatic nitrogens is 2. The molecule has 3 atom stereocenters. The lowest BCUT2D eigenvalue weighted by Gasteiger charge is -2.27. The maximum absolute atomic E-state index is 12.8. The molecule has 4 N–H and O–H groups in total. The Kier molecular flexibility index (Phi) is 6.10. The van der Waals surface area contributed by atoms with E-state index in [1.54, 1.807) is 31.5 Å². The molecule has 1 amide bonds. The summed E-state index contributed by atoms with van der Waals surface area (Å²) in [6.45, 7) is 9.42. The van der Waals surface area contributed by atoms with Crippen molar-refractivity contribution in [3.05, 3.63) is 59.2 Å². The smallest absolute Gasteiger partial charge is 0.253 e. The first-order chi connectivity index (χ1) is 12.1. The van der Waals surface area contributed by atoms with Crippen LogP contribution in [0.1, 0.15) is 60.9 Å². The van der Waals surface area contributed by atoms with E-state index in [0.29, 0.717) is 17.0 Å². The zero-order chi connectivity index (χ0) is 19.5. The van der Waals surface area contributed by atoms with Crippen molar-refractivity contribution in [1.29, 1.82) is 0 Å². The fraction of sp³-hybridized carbons (Fsp3) is 0.450. The largest absolute Gasteiger partial charge is 0.390 e. The predicted octanol–water partition coefficient (Wildman–Crippen LogP) is 2.15. The van der Waals surface area contributed by atoms with Gasteiger partial charge in [0.15, 0.2) is 0 Å². The molecule has 0 aliphatic carbocycles. The van der Waals surface area contributed by atoms with Crippen molar-refractivity contribution < 1.29 is 9.90 Å². The Hall–Kier alpha value is -2.31. The maximum atomic E-state index is 12.8. The summed E-state index contributed by atoms with van der Waals surface area (Å²) in [5.74, 6) is -0.841. The van der Waals surface area contributed by atoms with E-state index in [2.05, 4.69) is 15.3 Å². The van der Waals surface area contributed by atoms with Gasteiger partial charge in [0.2, 0.25) is 0 Å². The molecule has 0 aromatic carbocycles. The Balaban J connectivity index is 2.57. The van der Waals surface area contributed by atoms with Crippen LogP contribution in [0.5, 0.6) is 0 Å². The summed E-state index contributed by atoms with van der Waals surface area (Å²) < 4.78 is 0. The summed E-state index contributed by atoms with van der Waals surface area (Å²) >= 11 is 0. The molecule has 0 saturated heterocycles. The number of aliphatic hydroxyl groups excluding tert-OH is 1. The highest BCUT2D eigenvalue weighted by molar-refractivity contribution is 5.96. The molecule has 6 heteroatoms. The van der Waals surface area contributed by atoms with Crippen LogP contribution in [0.4, 0.5) is 0 Å². The van der Waals surface area contributed by atoms with Crippen LogP contribution in [0.15, 0.2) is 36.7 Å². The van der Waals surface area contributed by atoms with Crippen LogP contribution in [-0.4, -0.2) is 38.7 Å². The standard InChI is InChI=1S/C20H28N4O2/c1-12-8-10-22-15(11-12)16(18(25)13(2)21)17-14(7-6-9-23-17)19(26)24-20(3,4)5/h6-11,13,16,18,25H,21H2,1-5H3,(H,24,26). The van der Waals surface area contributed by atoms with E-state index in [1.165, 1.54) is 0 Å². The Bertz CT molecular complexity index is 768. The van der Waals surface area contributed by atoms with Gasteiger partial charge in [0.25, 0.3) is 5.91 Å². The van der Waals surface area contributed by atoms with E-state index in [1.807, 2.05) is 39.8 Å². The topological polar surface area (TPSA) is 101 Å². The minimum absolute atomic E-state index is 0.241. The minimum atomic E-state index is -0.930. The number of carbonyl (C=O) groups excluding carboxylic acids is 1. The molecule has 0 bridgehead atoms. The van der Waals surface area contributed by atoms with Crippen LogP contribution >= 0.6 is 0 Å². The third kappa shape index (κ3) is 4.86. The average Bonchev–Trinajstić information content (AvgIpc) is 2.54. The first-order valence-electron chi connectivity index (χ1n) is 8.74. The summed E-state index contributed by atoms with van der Waals surface area (Å²) in [5.41, 5.74) is 8.11. The van der Waals surface area contributed by atoms with Gasteiger partial charge in [-0.05, 0) is 64.4 Å². The van der Waals surface area contributed by atoms with Crippen LogP contribution in [0.25, 0.3) is 0 Å². The third-order valence-electron chi connectivity index (χ3n) is 4.00. The monoisotopic (exact) mass is 356 g/mol. The molecule has 0 fully saturated rings. The summed E-state index contributed by atoms with van der Waals surface area (Å²) in [7, 11) is 0. The Morgan fingerprint density at radius 2 is 1.92 bits per heavy atom. The zero-order valence-electron chi connectivity index (χ0n) is 16.0. The molecule has 0 radical (unpaired) electrons. The second-order valence-corrected chi connectivity index (χ2v) is 7.73. The molecular weight excluding hydrogens is 328 g/mol. The van der Waals surface area contributed by atoms with E-state index >= 15 is 0 Å². The van der Waals surface area contributed by atoms with Gasteiger partial charge >= 0.3 is 0 Å². The SMILES string of the molecule is Cc1ccnc(C(c2ncccc2C(=O)NC(C)(C)C)C(O)C(C)N)c1. The number of aliphatic hydroxyl groups is 1. The molecule has 0 spiro atoms. The van der Waals surface area contributed by atoms with Crippen molar-refractivity contribution >= 4 is 5.91 Å². The second-order valence-electron chi connectivity index (χ2n) is 7.73. The van der Waals surface area contributed by atoms with Crippen molar-refractivity contribution in [2.24, 2.45) is 5.73 Å². The molecular formula is C20H28N4O2. The lowest BCUT2D eigenvalue weighted by atomic mass is 9.87. The fourth-order valence-corrected chi connectivity index (χ4v) is 2.78. The molecule has 6 nitrogen and oxygen atoms in total. The quantitative estimate of drug-likeness (QED) is 0.762. The molecule has 0 aliphatic heterocycles. The Morgan fingerprint density at radius 3 is 2.50 bits per heavy atom. The van der Waals surface area contributed by atoms with Gasteiger partial charge < -0.3 is 16.2 Å². The Morgan fingerprint density at radius 1 is 1.23 bits per heavy atom. The molecule has 2 aromatic rings. The van der Waals surface area contributed by atoms with Gasteiger partial charge in [0.1, 0.15) is 0 Å². The predicted molar refractivity (Wildman–Crippen MR) is 102 cm³/mol. The highest BCUT2D eigenvalue weighted by Gasteiger charge is 2.32. The molecule has 3 unspecified atom stereocenters. The molecule has 0 saturated carbocycles. The molecule has 0 aliphatic rings. The molecule has 2 rings (SSSR count). The number of nitrogens with one attached hydrogen (secondary N) is 1. The normalized spacial score (nSPS) is 15.2. The van der Waals surface area contributed by atoms with Crippen molar-refractivity contribution in [1.82, 2.24) is 15.3 Å². The number of amides is 1. The van der Waals surface area contributed by atoms with Gasteiger partial charge in [-0.15, -0.1) is 0 Å². The van der Waals surface area contributed by atoms with Gasteiger partial charge in [-0.2, -0.15) is 0 Å². The molecule has 140 valence electrons. The van der Waals surface area contributed by atoms with Crippen LogP contribution in [0, 0.1) is 6.92 Å². The van der Waals surface area contributed by atoms with E-state index in [4.69, 9.17) is 5.73 Å². The van der Waals surface area contributed by atoms with Crippen molar-refractivity contribution in [3.8, 4) is 0 Å². The van der Waals surface area contributed by atoms with Crippen molar-refractivity contribution in [2.45, 2.75) is 58.2 Å². The van der Waals surface area contributed by atoms with Crippen LogP contribution in [0.3, 0.4) is 0 Å². The molecule has 2 heterocycles. The van der Waals surface area contributed by atoms with Crippen LogP contribution in [0.2, 0.25) is 0 Å². The zero-order valence-corrected chi connectivity index (χ0v) is 16.0. The van der Waals surface area contributed by atoms with Crippen LogP contribution < -0.4 is 11.1 Å². The highest BCUT2D eigenvalue weighted by atomic mass is 16.3. The van der Waals surface area contributed by atoms with Gasteiger partial charge in [0, 0.05) is 24.0 Å². The number of aryl methyl sites for hydroxylation is 1. The number of hydrogen-bond donors (Lipinski definition) is 3. The van der Waals surface area contributed by atoms with Gasteiger partial charge in [-0.25, -0.2) is 0 Å². The van der Waals surface area contributed by atoms with Crippen molar-refractivity contribution in [2.75, 3.05) is 0 Å². The first-order valence-corrected chi connectivity index (χ1v) is 8.74. The summed E-state index contributed by atoms with van der Waals surface area (Å²) in [4.78, 5) is 21.6. The van der Waals surface area contributed by atoms with Crippen molar-refractivity contribution in [3.63, 3.8) is 0 Å². The summed E-state index contributed by atoms with van der Waals surface area (Å²) in [5, 5.41) is 13.7. The number of pyridine rings is 2. The Labute approximate surface area is 154 Å². The highest BCUT2D eigenvalue weighted by Crippen LogP contribution is 2.29. The average molecular weight is 356 g/mol.